The summed E-state index contributed by atoms with van der Waals surface area (Å²) in [5, 5.41) is 20.4. The number of fused-ring (bicyclic) bond motifs is 1. The standard InChI is InChI=1S/C18H26O6/c1-2-3-4-5-6-7-8-10(19)9-11-12-13(18(22)23-11)15(21)17-16(24-17)14(12)20/h11,14-17,20-21H,2-9H2,1H3/t11-,14+,15+,16-,17+/m0/s1. The van der Waals surface area contributed by atoms with Gasteiger partial charge in [0.15, 0.2) is 0 Å². The summed E-state index contributed by atoms with van der Waals surface area (Å²) < 4.78 is 10.5. The van der Waals surface area contributed by atoms with E-state index in [1.54, 1.807) is 0 Å². The van der Waals surface area contributed by atoms with Crippen molar-refractivity contribution in [3.8, 4) is 0 Å². The zero-order valence-corrected chi connectivity index (χ0v) is 14.1. The Morgan fingerprint density at radius 3 is 2.46 bits per heavy atom. The Bertz CT molecular complexity index is 540. The average Bonchev–Trinajstić information content (AvgIpc) is 3.28. The Kier molecular flexibility index (Phi) is 5.37. The van der Waals surface area contributed by atoms with Crippen molar-refractivity contribution in [3.63, 3.8) is 0 Å². The van der Waals surface area contributed by atoms with E-state index in [4.69, 9.17) is 9.47 Å². The van der Waals surface area contributed by atoms with Crippen LogP contribution in [0.15, 0.2) is 11.1 Å². The molecule has 0 aromatic rings. The molecule has 2 N–H and O–H groups in total. The van der Waals surface area contributed by atoms with Gasteiger partial charge in [-0.3, -0.25) is 4.79 Å². The van der Waals surface area contributed by atoms with Crippen LogP contribution in [0.4, 0.5) is 0 Å². The highest BCUT2D eigenvalue weighted by Crippen LogP contribution is 2.45. The van der Waals surface area contributed by atoms with Gasteiger partial charge in [-0.05, 0) is 6.42 Å². The van der Waals surface area contributed by atoms with Crippen molar-refractivity contribution in [3.05, 3.63) is 11.1 Å². The molecule has 2 aliphatic heterocycles. The second-order valence-electron chi connectivity index (χ2n) is 6.98. The summed E-state index contributed by atoms with van der Waals surface area (Å²) >= 11 is 0. The highest BCUT2D eigenvalue weighted by Gasteiger charge is 2.60. The van der Waals surface area contributed by atoms with Crippen molar-refractivity contribution < 1.29 is 29.3 Å². The maximum absolute atomic E-state index is 12.2. The number of epoxide rings is 1. The maximum atomic E-state index is 12.2. The molecule has 6 heteroatoms. The number of rotatable bonds is 9. The predicted octanol–water partition coefficient (Wildman–Crippen LogP) is 1.42. The van der Waals surface area contributed by atoms with Crippen LogP contribution in [-0.2, 0) is 19.1 Å². The number of hydrogen-bond acceptors (Lipinski definition) is 6. The molecule has 0 radical (unpaired) electrons. The number of esters is 1. The highest BCUT2D eigenvalue weighted by atomic mass is 16.6. The topological polar surface area (TPSA) is 96.4 Å². The average molecular weight is 338 g/mol. The van der Waals surface area contributed by atoms with Crippen molar-refractivity contribution in [1.82, 2.24) is 0 Å². The summed E-state index contributed by atoms with van der Waals surface area (Å²) in [4.78, 5) is 24.1. The first-order valence-corrected chi connectivity index (χ1v) is 9.02. The van der Waals surface area contributed by atoms with Gasteiger partial charge in [-0.15, -0.1) is 0 Å². The normalized spacial score (nSPS) is 34.0. The molecule has 0 saturated carbocycles. The van der Waals surface area contributed by atoms with Gasteiger partial charge >= 0.3 is 5.97 Å². The minimum Gasteiger partial charge on any atom is -0.454 e. The molecule has 0 aromatic carbocycles. The van der Waals surface area contributed by atoms with Crippen molar-refractivity contribution in [1.29, 1.82) is 0 Å². The van der Waals surface area contributed by atoms with Gasteiger partial charge in [-0.2, -0.15) is 0 Å². The van der Waals surface area contributed by atoms with Gasteiger partial charge in [-0.25, -0.2) is 4.79 Å². The fourth-order valence-corrected chi connectivity index (χ4v) is 3.74. The number of unbranched alkanes of at least 4 members (excludes halogenated alkanes) is 5. The first-order chi connectivity index (χ1) is 11.5. The van der Waals surface area contributed by atoms with Crippen LogP contribution in [0.25, 0.3) is 0 Å². The van der Waals surface area contributed by atoms with E-state index in [0.29, 0.717) is 12.0 Å². The first-order valence-electron chi connectivity index (χ1n) is 9.02. The second-order valence-corrected chi connectivity index (χ2v) is 6.98. The molecule has 6 nitrogen and oxygen atoms in total. The molecule has 24 heavy (non-hydrogen) atoms. The fraction of sp³-hybridized carbons (Fsp3) is 0.778. The van der Waals surface area contributed by atoms with E-state index in [-0.39, 0.29) is 17.8 Å². The highest BCUT2D eigenvalue weighted by molar-refractivity contribution is 5.95. The number of carbonyl (C=O) groups is 2. The quantitative estimate of drug-likeness (QED) is 0.375. The van der Waals surface area contributed by atoms with Gasteiger partial charge in [-0.1, -0.05) is 39.0 Å². The van der Waals surface area contributed by atoms with Crippen molar-refractivity contribution in [2.45, 2.75) is 88.8 Å². The van der Waals surface area contributed by atoms with Crippen molar-refractivity contribution >= 4 is 11.8 Å². The molecule has 2 heterocycles. The van der Waals surface area contributed by atoms with E-state index in [9.17, 15) is 19.8 Å². The summed E-state index contributed by atoms with van der Waals surface area (Å²) in [6.45, 7) is 2.17. The fourth-order valence-electron chi connectivity index (χ4n) is 3.74. The van der Waals surface area contributed by atoms with E-state index in [1.165, 1.54) is 19.3 Å². The Hall–Kier alpha value is -1.24. The molecule has 0 bridgehead atoms. The molecular weight excluding hydrogens is 312 g/mol. The van der Waals surface area contributed by atoms with Crippen LogP contribution >= 0.6 is 0 Å². The van der Waals surface area contributed by atoms with Crippen molar-refractivity contribution in [2.75, 3.05) is 0 Å². The summed E-state index contributed by atoms with van der Waals surface area (Å²) in [6, 6.07) is 0. The molecule has 1 saturated heterocycles. The lowest BCUT2D eigenvalue weighted by molar-refractivity contribution is -0.141. The third-order valence-corrected chi connectivity index (χ3v) is 5.15. The summed E-state index contributed by atoms with van der Waals surface area (Å²) in [5.41, 5.74) is 0.446. The van der Waals surface area contributed by atoms with Crippen LogP contribution < -0.4 is 0 Å². The van der Waals surface area contributed by atoms with E-state index in [1.807, 2.05) is 0 Å². The zero-order valence-electron chi connectivity index (χ0n) is 14.1. The van der Waals surface area contributed by atoms with Crippen LogP contribution in [0.1, 0.15) is 58.3 Å². The third kappa shape index (κ3) is 3.41. The van der Waals surface area contributed by atoms with Crippen LogP contribution in [0.2, 0.25) is 0 Å². The molecule has 5 atom stereocenters. The molecule has 0 amide bonds. The molecular formula is C18H26O6. The Balaban J connectivity index is 1.50. The van der Waals surface area contributed by atoms with Gasteiger partial charge in [0.1, 0.15) is 36.3 Å². The number of cyclic esters (lactones) is 1. The smallest absolute Gasteiger partial charge is 0.337 e. The van der Waals surface area contributed by atoms with Gasteiger partial charge in [0, 0.05) is 18.4 Å². The number of Topliss-reactive ketones (excluding diaryl/α,β-unsaturated/α-hetero) is 1. The molecule has 1 fully saturated rings. The monoisotopic (exact) mass is 338 g/mol. The molecule has 1 aliphatic carbocycles. The molecule has 0 aromatic heterocycles. The minimum absolute atomic E-state index is 0.0255. The molecule has 0 spiro atoms. The predicted molar refractivity (Wildman–Crippen MR) is 85.2 cm³/mol. The van der Waals surface area contributed by atoms with E-state index >= 15 is 0 Å². The minimum atomic E-state index is -1.06. The lowest BCUT2D eigenvalue weighted by Gasteiger charge is -2.21. The van der Waals surface area contributed by atoms with Crippen LogP contribution in [-0.4, -0.2) is 52.5 Å². The molecule has 134 valence electrons. The Morgan fingerprint density at radius 2 is 1.71 bits per heavy atom. The lowest BCUT2D eigenvalue weighted by atomic mass is 9.84. The summed E-state index contributed by atoms with van der Waals surface area (Å²) in [6.07, 6.45) is 3.39. The number of aliphatic hydroxyl groups is 2. The van der Waals surface area contributed by atoms with Crippen molar-refractivity contribution in [2.24, 2.45) is 0 Å². The van der Waals surface area contributed by atoms with Gasteiger partial charge < -0.3 is 19.7 Å². The summed E-state index contributed by atoms with van der Waals surface area (Å²) in [5.74, 6) is -0.611. The maximum Gasteiger partial charge on any atom is 0.337 e. The second kappa shape index (κ2) is 7.33. The zero-order chi connectivity index (χ0) is 17.3. The van der Waals surface area contributed by atoms with Crippen LogP contribution in [0.3, 0.4) is 0 Å². The van der Waals surface area contributed by atoms with Gasteiger partial charge in [0.2, 0.25) is 0 Å². The molecule has 3 rings (SSSR count). The Morgan fingerprint density at radius 1 is 1.04 bits per heavy atom. The summed E-state index contributed by atoms with van der Waals surface area (Å²) in [7, 11) is 0. The van der Waals surface area contributed by atoms with Crippen LogP contribution in [0.5, 0.6) is 0 Å². The third-order valence-electron chi connectivity index (χ3n) is 5.15. The number of aliphatic hydroxyl groups excluding tert-OH is 2. The van der Waals surface area contributed by atoms with Crippen LogP contribution in [0, 0.1) is 0 Å². The SMILES string of the molecule is CCCCCCCCC(=O)C[C@@H]1OC(=O)C2=C1[C@@H](O)[C@@H]1O[C@@H]1[C@@H]2O. The van der Waals surface area contributed by atoms with Gasteiger partial charge in [0.05, 0.1) is 5.57 Å². The number of hydrogen-bond donors (Lipinski definition) is 2. The largest absolute Gasteiger partial charge is 0.454 e. The number of carbonyl (C=O) groups excluding carboxylic acids is 2. The Labute approximate surface area is 141 Å². The van der Waals surface area contributed by atoms with E-state index < -0.39 is 36.5 Å². The van der Waals surface area contributed by atoms with Gasteiger partial charge in [0.25, 0.3) is 0 Å². The van der Waals surface area contributed by atoms with E-state index in [2.05, 4.69) is 6.92 Å². The number of ether oxygens (including phenoxy) is 2. The molecule has 0 unspecified atom stereocenters. The number of ketones is 1. The van der Waals surface area contributed by atoms with E-state index in [0.717, 1.165) is 19.3 Å². The lowest BCUT2D eigenvalue weighted by Crippen LogP contribution is -2.36. The molecule has 3 aliphatic rings. The first kappa shape index (κ1) is 17.6.